The van der Waals surface area contributed by atoms with Crippen molar-refractivity contribution in [3.8, 4) is 5.75 Å². The molecule has 19 heavy (non-hydrogen) atoms. The van der Waals surface area contributed by atoms with Gasteiger partial charge >= 0.3 is 12.3 Å². The zero-order chi connectivity index (χ0) is 14.6. The van der Waals surface area contributed by atoms with E-state index in [1.54, 1.807) is 0 Å². The van der Waals surface area contributed by atoms with E-state index >= 15 is 0 Å². The summed E-state index contributed by atoms with van der Waals surface area (Å²) < 4.78 is 44.4. The molecule has 5 nitrogen and oxygen atoms in total. The quantitative estimate of drug-likeness (QED) is 0.638. The molecule has 4 N–H and O–H groups in total. The summed E-state index contributed by atoms with van der Waals surface area (Å²) in [5.41, 5.74) is 11.6. The lowest BCUT2D eigenvalue weighted by Gasteiger charge is -2.14. The van der Waals surface area contributed by atoms with Gasteiger partial charge in [-0.1, -0.05) is 0 Å². The van der Waals surface area contributed by atoms with Crippen molar-refractivity contribution in [1.29, 1.82) is 0 Å². The van der Waals surface area contributed by atoms with Gasteiger partial charge in [-0.3, -0.25) is 4.79 Å². The van der Waals surface area contributed by atoms with Crippen molar-refractivity contribution in [1.82, 2.24) is 0 Å². The number of halogens is 3. The SMILES string of the molecule is COC(=O)[C@H](N)Cc1cc(OC(F)(F)F)ccc1N. The smallest absolute Gasteiger partial charge is 0.468 e. The van der Waals surface area contributed by atoms with Crippen molar-refractivity contribution < 1.29 is 27.4 Å². The van der Waals surface area contributed by atoms with E-state index < -0.39 is 24.1 Å². The number of ether oxygens (including phenoxy) is 2. The average Bonchev–Trinajstić information content (AvgIpc) is 2.30. The normalized spacial score (nSPS) is 12.9. The summed E-state index contributed by atoms with van der Waals surface area (Å²) >= 11 is 0. The molecule has 0 aliphatic carbocycles. The van der Waals surface area contributed by atoms with Gasteiger partial charge in [-0.15, -0.1) is 13.2 Å². The van der Waals surface area contributed by atoms with Gasteiger partial charge in [0.1, 0.15) is 11.8 Å². The van der Waals surface area contributed by atoms with Crippen LogP contribution in [0.15, 0.2) is 18.2 Å². The Kier molecular flexibility index (Phi) is 4.60. The first-order valence-electron chi connectivity index (χ1n) is 5.20. The molecule has 1 aromatic rings. The number of alkyl halides is 3. The van der Waals surface area contributed by atoms with Gasteiger partial charge in [-0.05, 0) is 23.8 Å². The molecule has 8 heteroatoms. The Morgan fingerprint density at radius 3 is 2.58 bits per heavy atom. The van der Waals surface area contributed by atoms with E-state index in [0.29, 0.717) is 0 Å². The standard InChI is InChI=1S/C11H13F3N2O3/c1-18-10(17)9(16)5-6-4-7(2-3-8(6)15)19-11(12,13)14/h2-4,9H,5,15-16H2,1H3/t9-/m1/s1. The highest BCUT2D eigenvalue weighted by Crippen LogP contribution is 2.26. The predicted octanol–water partition coefficient (Wildman–Crippen LogP) is 1.21. The lowest BCUT2D eigenvalue weighted by atomic mass is 10.0. The van der Waals surface area contributed by atoms with Crippen LogP contribution in [0.1, 0.15) is 5.56 Å². The predicted molar refractivity (Wildman–Crippen MR) is 61.2 cm³/mol. The fourth-order valence-corrected chi connectivity index (χ4v) is 1.43. The van der Waals surface area contributed by atoms with Gasteiger partial charge in [0.15, 0.2) is 0 Å². The molecule has 0 saturated carbocycles. The first kappa shape index (κ1) is 15.1. The highest BCUT2D eigenvalue weighted by Gasteiger charge is 2.31. The van der Waals surface area contributed by atoms with E-state index in [4.69, 9.17) is 11.5 Å². The number of esters is 1. The second-order valence-corrected chi connectivity index (χ2v) is 3.74. The summed E-state index contributed by atoms with van der Waals surface area (Å²) in [5, 5.41) is 0. The number of carbonyl (C=O) groups excluding carboxylic acids is 1. The summed E-state index contributed by atoms with van der Waals surface area (Å²) in [6.45, 7) is 0. The second-order valence-electron chi connectivity index (χ2n) is 3.74. The molecule has 0 bridgehead atoms. The molecule has 0 amide bonds. The van der Waals surface area contributed by atoms with Crippen LogP contribution in [0.4, 0.5) is 18.9 Å². The van der Waals surface area contributed by atoms with Gasteiger partial charge in [0.2, 0.25) is 0 Å². The number of anilines is 1. The van der Waals surface area contributed by atoms with E-state index in [-0.39, 0.29) is 17.7 Å². The lowest BCUT2D eigenvalue weighted by Crippen LogP contribution is -2.33. The number of carbonyl (C=O) groups is 1. The summed E-state index contributed by atoms with van der Waals surface area (Å²) in [6.07, 6.45) is -4.84. The fourth-order valence-electron chi connectivity index (χ4n) is 1.43. The van der Waals surface area contributed by atoms with Gasteiger partial charge < -0.3 is 20.9 Å². The molecular formula is C11H13F3N2O3. The molecule has 0 aromatic heterocycles. The molecule has 0 aliphatic rings. The average molecular weight is 278 g/mol. The molecule has 0 fully saturated rings. The maximum absolute atomic E-state index is 12.1. The van der Waals surface area contributed by atoms with Crippen molar-refractivity contribution in [2.75, 3.05) is 12.8 Å². The van der Waals surface area contributed by atoms with Gasteiger partial charge in [0.25, 0.3) is 0 Å². The number of hydrogen-bond donors (Lipinski definition) is 2. The Balaban J connectivity index is 2.88. The molecule has 0 saturated heterocycles. The van der Waals surface area contributed by atoms with Crippen molar-refractivity contribution in [2.24, 2.45) is 5.73 Å². The second kappa shape index (κ2) is 5.79. The molecule has 0 spiro atoms. The van der Waals surface area contributed by atoms with Crippen LogP contribution in [0.25, 0.3) is 0 Å². The van der Waals surface area contributed by atoms with E-state index in [9.17, 15) is 18.0 Å². The number of benzene rings is 1. The van der Waals surface area contributed by atoms with E-state index in [1.165, 1.54) is 6.07 Å². The third kappa shape index (κ3) is 4.66. The maximum atomic E-state index is 12.1. The zero-order valence-corrected chi connectivity index (χ0v) is 10.0. The Labute approximate surface area is 107 Å². The Morgan fingerprint density at radius 2 is 2.05 bits per heavy atom. The zero-order valence-electron chi connectivity index (χ0n) is 10.0. The third-order valence-electron chi connectivity index (χ3n) is 2.29. The first-order valence-corrected chi connectivity index (χ1v) is 5.20. The number of methoxy groups -OCH3 is 1. The van der Waals surface area contributed by atoms with Crippen molar-refractivity contribution in [3.63, 3.8) is 0 Å². The molecule has 0 aliphatic heterocycles. The van der Waals surface area contributed by atoms with Crippen molar-refractivity contribution in [3.05, 3.63) is 23.8 Å². The fraction of sp³-hybridized carbons (Fsp3) is 0.364. The lowest BCUT2D eigenvalue weighted by molar-refractivity contribution is -0.274. The molecule has 0 unspecified atom stereocenters. The van der Waals surface area contributed by atoms with E-state index in [1.807, 2.05) is 0 Å². The Morgan fingerprint density at radius 1 is 1.42 bits per heavy atom. The van der Waals surface area contributed by atoms with Crippen LogP contribution in [0.2, 0.25) is 0 Å². The highest BCUT2D eigenvalue weighted by atomic mass is 19.4. The molecule has 0 radical (unpaired) electrons. The number of rotatable bonds is 4. The Hall–Kier alpha value is -1.96. The summed E-state index contributed by atoms with van der Waals surface area (Å²) in [5.74, 6) is -1.10. The van der Waals surface area contributed by atoms with Crippen LogP contribution in [-0.4, -0.2) is 25.5 Å². The minimum atomic E-state index is -4.79. The molecular weight excluding hydrogens is 265 g/mol. The summed E-state index contributed by atoms with van der Waals surface area (Å²) in [7, 11) is 1.16. The third-order valence-corrected chi connectivity index (χ3v) is 2.29. The number of hydrogen-bond acceptors (Lipinski definition) is 5. The molecule has 1 aromatic carbocycles. The maximum Gasteiger partial charge on any atom is 0.573 e. The highest BCUT2D eigenvalue weighted by molar-refractivity contribution is 5.76. The summed E-state index contributed by atoms with van der Waals surface area (Å²) in [6, 6.07) is 2.41. The van der Waals surface area contributed by atoms with Crippen LogP contribution >= 0.6 is 0 Å². The minimum absolute atomic E-state index is 0.0481. The van der Waals surface area contributed by atoms with Gasteiger partial charge in [-0.2, -0.15) is 0 Å². The molecule has 1 atom stereocenters. The largest absolute Gasteiger partial charge is 0.573 e. The van der Waals surface area contributed by atoms with Crippen LogP contribution in [0.3, 0.4) is 0 Å². The monoisotopic (exact) mass is 278 g/mol. The summed E-state index contributed by atoms with van der Waals surface area (Å²) in [4.78, 5) is 11.1. The van der Waals surface area contributed by atoms with Gasteiger partial charge in [0, 0.05) is 12.1 Å². The van der Waals surface area contributed by atoms with Crippen molar-refractivity contribution in [2.45, 2.75) is 18.8 Å². The molecule has 1 rings (SSSR count). The minimum Gasteiger partial charge on any atom is -0.468 e. The first-order chi connectivity index (χ1) is 8.73. The molecule has 0 heterocycles. The van der Waals surface area contributed by atoms with Crippen molar-refractivity contribution >= 4 is 11.7 Å². The number of nitrogens with two attached hydrogens (primary N) is 2. The van der Waals surface area contributed by atoms with Crippen LogP contribution < -0.4 is 16.2 Å². The van der Waals surface area contributed by atoms with Crippen LogP contribution in [0, 0.1) is 0 Å². The Bertz CT molecular complexity index is 463. The number of nitrogen functional groups attached to an aromatic ring is 1. The van der Waals surface area contributed by atoms with Crippen LogP contribution in [-0.2, 0) is 16.0 Å². The molecule has 106 valence electrons. The van der Waals surface area contributed by atoms with Crippen LogP contribution in [0.5, 0.6) is 5.75 Å². The van der Waals surface area contributed by atoms with Gasteiger partial charge in [-0.25, -0.2) is 0 Å². The van der Waals surface area contributed by atoms with E-state index in [0.717, 1.165) is 19.2 Å². The topological polar surface area (TPSA) is 87.6 Å². The van der Waals surface area contributed by atoms with E-state index in [2.05, 4.69) is 9.47 Å². The van der Waals surface area contributed by atoms with Gasteiger partial charge in [0.05, 0.1) is 7.11 Å².